The average Bonchev–Trinajstić information content (AvgIpc) is 2.24. The number of amides is 1. The molecule has 1 unspecified atom stereocenters. The summed E-state index contributed by atoms with van der Waals surface area (Å²) in [4.78, 5) is 22.5. The van der Waals surface area contributed by atoms with Crippen LogP contribution >= 0.6 is 0 Å². The molecule has 4 N–H and O–H groups in total. The Labute approximate surface area is 103 Å². The summed E-state index contributed by atoms with van der Waals surface area (Å²) in [5.74, 6) is -0.661. The standard InChI is InChI=1S/C12H24N2O3/c1-8(2)6-10(12(16)17)14-11(15)5-4-9(3)7-13/h8-10H,4-7,13H2,1-3H3,(H,14,15)(H,16,17)/t9?,10-/m1/s1. The number of carboxylic acids is 1. The van der Waals surface area contributed by atoms with Gasteiger partial charge in [0.25, 0.3) is 0 Å². The molecule has 0 aliphatic rings. The van der Waals surface area contributed by atoms with Gasteiger partial charge >= 0.3 is 5.97 Å². The molecule has 0 heterocycles. The highest BCUT2D eigenvalue weighted by Gasteiger charge is 2.20. The first-order valence-corrected chi connectivity index (χ1v) is 6.09. The predicted molar refractivity (Wildman–Crippen MR) is 66.5 cm³/mol. The van der Waals surface area contributed by atoms with E-state index < -0.39 is 12.0 Å². The SMILES string of the molecule is CC(C)C[C@@H](NC(=O)CCC(C)CN)C(=O)O. The molecule has 0 aromatic carbocycles. The van der Waals surface area contributed by atoms with Gasteiger partial charge in [-0.05, 0) is 31.2 Å². The molecule has 0 saturated heterocycles. The summed E-state index contributed by atoms with van der Waals surface area (Å²) >= 11 is 0. The van der Waals surface area contributed by atoms with Gasteiger partial charge in [-0.2, -0.15) is 0 Å². The molecule has 5 heteroatoms. The fourth-order valence-corrected chi connectivity index (χ4v) is 1.45. The number of carbonyl (C=O) groups is 2. The third kappa shape index (κ3) is 7.74. The lowest BCUT2D eigenvalue weighted by molar-refractivity contribution is -0.142. The monoisotopic (exact) mass is 244 g/mol. The molecule has 0 aliphatic heterocycles. The van der Waals surface area contributed by atoms with Crippen molar-refractivity contribution in [3.05, 3.63) is 0 Å². The molecule has 0 fully saturated rings. The van der Waals surface area contributed by atoms with E-state index in [1.807, 2.05) is 20.8 Å². The van der Waals surface area contributed by atoms with Gasteiger partial charge in [-0.15, -0.1) is 0 Å². The molecule has 0 rings (SSSR count). The number of nitrogens with two attached hydrogens (primary N) is 1. The van der Waals surface area contributed by atoms with Crippen LogP contribution < -0.4 is 11.1 Å². The number of carbonyl (C=O) groups excluding carboxylic acids is 1. The average molecular weight is 244 g/mol. The minimum Gasteiger partial charge on any atom is -0.480 e. The fourth-order valence-electron chi connectivity index (χ4n) is 1.45. The highest BCUT2D eigenvalue weighted by Crippen LogP contribution is 2.07. The maximum absolute atomic E-state index is 11.5. The zero-order valence-electron chi connectivity index (χ0n) is 10.9. The highest BCUT2D eigenvalue weighted by atomic mass is 16.4. The van der Waals surface area contributed by atoms with Crippen LogP contribution in [0.2, 0.25) is 0 Å². The van der Waals surface area contributed by atoms with Crippen molar-refractivity contribution in [3.8, 4) is 0 Å². The summed E-state index contributed by atoms with van der Waals surface area (Å²) in [6.07, 6.45) is 1.48. The third-order valence-corrected chi connectivity index (χ3v) is 2.61. The van der Waals surface area contributed by atoms with Crippen molar-refractivity contribution in [2.24, 2.45) is 17.6 Å². The van der Waals surface area contributed by atoms with E-state index in [1.54, 1.807) is 0 Å². The van der Waals surface area contributed by atoms with Crippen LogP contribution in [0.3, 0.4) is 0 Å². The topological polar surface area (TPSA) is 92.4 Å². The quantitative estimate of drug-likeness (QED) is 0.593. The fraction of sp³-hybridized carbons (Fsp3) is 0.833. The molecule has 100 valence electrons. The number of hydrogen-bond acceptors (Lipinski definition) is 3. The Bertz CT molecular complexity index is 254. The lowest BCUT2D eigenvalue weighted by atomic mass is 10.0. The van der Waals surface area contributed by atoms with Crippen molar-refractivity contribution in [2.75, 3.05) is 6.54 Å². The van der Waals surface area contributed by atoms with Crippen LogP contribution in [-0.4, -0.2) is 29.6 Å². The Morgan fingerprint density at radius 3 is 2.29 bits per heavy atom. The van der Waals surface area contributed by atoms with Gasteiger partial charge in [-0.25, -0.2) is 4.79 Å². The van der Waals surface area contributed by atoms with Gasteiger partial charge in [0.1, 0.15) is 6.04 Å². The molecule has 2 atom stereocenters. The second-order valence-corrected chi connectivity index (χ2v) is 4.97. The largest absolute Gasteiger partial charge is 0.480 e. The van der Waals surface area contributed by atoms with E-state index in [0.29, 0.717) is 25.8 Å². The van der Waals surface area contributed by atoms with Crippen LogP contribution in [-0.2, 0) is 9.59 Å². The van der Waals surface area contributed by atoms with Crippen molar-refractivity contribution < 1.29 is 14.7 Å². The van der Waals surface area contributed by atoms with E-state index in [4.69, 9.17) is 10.8 Å². The Morgan fingerprint density at radius 1 is 1.29 bits per heavy atom. The van der Waals surface area contributed by atoms with Gasteiger partial charge in [-0.1, -0.05) is 20.8 Å². The van der Waals surface area contributed by atoms with Gasteiger partial charge in [0.2, 0.25) is 5.91 Å². The van der Waals surface area contributed by atoms with E-state index in [2.05, 4.69) is 5.32 Å². The summed E-state index contributed by atoms with van der Waals surface area (Å²) < 4.78 is 0. The normalized spacial score (nSPS) is 14.4. The second-order valence-electron chi connectivity index (χ2n) is 4.97. The van der Waals surface area contributed by atoms with Crippen molar-refractivity contribution in [1.82, 2.24) is 5.32 Å². The molecule has 17 heavy (non-hydrogen) atoms. The van der Waals surface area contributed by atoms with Gasteiger partial charge in [0.15, 0.2) is 0 Å². The van der Waals surface area contributed by atoms with Crippen molar-refractivity contribution in [2.45, 2.75) is 46.1 Å². The summed E-state index contributed by atoms with van der Waals surface area (Å²) in [5, 5.41) is 11.5. The molecule has 0 spiro atoms. The molecule has 0 aromatic heterocycles. The van der Waals surface area contributed by atoms with Crippen molar-refractivity contribution in [3.63, 3.8) is 0 Å². The smallest absolute Gasteiger partial charge is 0.326 e. The van der Waals surface area contributed by atoms with E-state index in [1.165, 1.54) is 0 Å². The second kappa shape index (κ2) is 8.06. The third-order valence-electron chi connectivity index (χ3n) is 2.61. The molecule has 0 radical (unpaired) electrons. The molecule has 0 aliphatic carbocycles. The van der Waals surface area contributed by atoms with Gasteiger partial charge in [0.05, 0.1) is 0 Å². The summed E-state index contributed by atoms with van der Waals surface area (Å²) in [6.45, 7) is 6.37. The number of carboxylic acid groups (broad SMARTS) is 1. The van der Waals surface area contributed by atoms with E-state index >= 15 is 0 Å². The molecular weight excluding hydrogens is 220 g/mol. The van der Waals surface area contributed by atoms with Crippen LogP contribution in [0.15, 0.2) is 0 Å². The van der Waals surface area contributed by atoms with Gasteiger partial charge in [-0.3, -0.25) is 4.79 Å². The summed E-state index contributed by atoms with van der Waals surface area (Å²) in [5.41, 5.74) is 5.45. The molecular formula is C12H24N2O3. The first-order chi connectivity index (χ1) is 7.86. The minimum absolute atomic E-state index is 0.210. The molecule has 0 saturated carbocycles. The van der Waals surface area contributed by atoms with E-state index in [-0.39, 0.29) is 17.7 Å². The first kappa shape index (κ1) is 15.9. The first-order valence-electron chi connectivity index (χ1n) is 6.09. The summed E-state index contributed by atoms with van der Waals surface area (Å²) in [6, 6.07) is -0.782. The summed E-state index contributed by atoms with van der Waals surface area (Å²) in [7, 11) is 0. The number of rotatable bonds is 8. The maximum atomic E-state index is 11.5. The number of nitrogens with one attached hydrogen (secondary N) is 1. The maximum Gasteiger partial charge on any atom is 0.326 e. The Hall–Kier alpha value is -1.10. The van der Waals surface area contributed by atoms with Crippen LogP contribution in [0.25, 0.3) is 0 Å². The molecule has 5 nitrogen and oxygen atoms in total. The molecule has 0 bridgehead atoms. The van der Waals surface area contributed by atoms with Gasteiger partial charge < -0.3 is 16.2 Å². The molecule has 1 amide bonds. The minimum atomic E-state index is -0.973. The Kier molecular flexibility index (Phi) is 7.54. The van der Waals surface area contributed by atoms with Crippen LogP contribution in [0.1, 0.15) is 40.0 Å². The van der Waals surface area contributed by atoms with Crippen molar-refractivity contribution in [1.29, 1.82) is 0 Å². The molecule has 0 aromatic rings. The van der Waals surface area contributed by atoms with Crippen LogP contribution in [0.4, 0.5) is 0 Å². The van der Waals surface area contributed by atoms with E-state index in [9.17, 15) is 9.59 Å². The van der Waals surface area contributed by atoms with Gasteiger partial charge in [0, 0.05) is 6.42 Å². The Morgan fingerprint density at radius 2 is 1.88 bits per heavy atom. The van der Waals surface area contributed by atoms with E-state index in [0.717, 1.165) is 0 Å². The zero-order valence-corrected chi connectivity index (χ0v) is 10.9. The number of aliphatic carboxylic acids is 1. The van der Waals surface area contributed by atoms with Crippen molar-refractivity contribution >= 4 is 11.9 Å². The lowest BCUT2D eigenvalue weighted by Crippen LogP contribution is -2.41. The highest BCUT2D eigenvalue weighted by molar-refractivity contribution is 5.83. The number of hydrogen-bond donors (Lipinski definition) is 3. The predicted octanol–water partition coefficient (Wildman–Crippen LogP) is 0.977. The van der Waals surface area contributed by atoms with Crippen LogP contribution in [0.5, 0.6) is 0 Å². The Balaban J connectivity index is 4.08. The zero-order chi connectivity index (χ0) is 13.4. The van der Waals surface area contributed by atoms with Crippen LogP contribution in [0, 0.1) is 11.8 Å². The lowest BCUT2D eigenvalue weighted by Gasteiger charge is -2.17.